The average molecular weight is 947 g/mol. The van der Waals surface area contributed by atoms with Crippen LogP contribution in [0.15, 0.2) is 146 Å². The topological polar surface area (TPSA) is 180 Å². The molecule has 2 aliphatic rings. The number of esters is 2. The van der Waals surface area contributed by atoms with Gasteiger partial charge in [-0.25, -0.2) is 19.6 Å². The Morgan fingerprint density at radius 2 is 0.929 bits per heavy atom. The molecule has 2 aliphatic heterocycles. The van der Waals surface area contributed by atoms with Gasteiger partial charge in [-0.1, -0.05) is 121 Å². The van der Waals surface area contributed by atoms with E-state index in [1.54, 1.807) is 12.1 Å². The molecule has 70 heavy (non-hydrogen) atoms. The number of nitrogens with zero attached hydrogens (tertiary/aromatic N) is 2. The van der Waals surface area contributed by atoms with Crippen LogP contribution in [0.1, 0.15) is 58.5 Å². The number of aliphatic hydroxyl groups is 2. The van der Waals surface area contributed by atoms with Gasteiger partial charge in [0.15, 0.2) is 12.6 Å². The SMILES string of the molecule is C[C@H]1OC(OCCOC(=O)c2cc(-c3ccccc3)nc3ccccc23)C[C@@H](NCc2ccc(CN[C@@H]3CC(OCCOC(=O)c4cc(-c5ccccc5)nc5ccccc45)O[C@H](C)[C@H]3O)cc2)[C@@H]1O. The van der Waals surface area contributed by atoms with Gasteiger partial charge in [0.2, 0.25) is 0 Å². The molecule has 9 rings (SSSR count). The number of aromatic nitrogens is 2. The van der Waals surface area contributed by atoms with Gasteiger partial charge >= 0.3 is 11.9 Å². The van der Waals surface area contributed by atoms with Gasteiger partial charge in [-0.15, -0.1) is 0 Å². The van der Waals surface area contributed by atoms with Crippen molar-refractivity contribution in [2.75, 3.05) is 26.4 Å². The van der Waals surface area contributed by atoms with Gasteiger partial charge in [0.05, 0.1) is 71.2 Å². The molecule has 4 N–H and O–H groups in total. The van der Waals surface area contributed by atoms with E-state index in [1.165, 1.54) is 0 Å². The summed E-state index contributed by atoms with van der Waals surface area (Å²) in [5.74, 6) is -0.932. The number of pyridine rings is 2. The summed E-state index contributed by atoms with van der Waals surface area (Å²) in [6, 6.07) is 45.5. The van der Waals surface area contributed by atoms with Crippen LogP contribution in [0.2, 0.25) is 0 Å². The molecule has 0 saturated carbocycles. The van der Waals surface area contributed by atoms with Crippen LogP contribution in [-0.4, -0.2) is 108 Å². The molecule has 14 nitrogen and oxygen atoms in total. The number of rotatable bonds is 18. The zero-order chi connectivity index (χ0) is 48.4. The summed E-state index contributed by atoms with van der Waals surface area (Å²) >= 11 is 0. The third-order valence-corrected chi connectivity index (χ3v) is 12.8. The van der Waals surface area contributed by atoms with Crippen LogP contribution in [0.3, 0.4) is 0 Å². The Balaban J connectivity index is 0.706. The highest BCUT2D eigenvalue weighted by atomic mass is 16.7. The molecule has 2 saturated heterocycles. The van der Waals surface area contributed by atoms with Crippen LogP contribution in [0.4, 0.5) is 0 Å². The van der Waals surface area contributed by atoms with E-state index < -0.39 is 48.9 Å². The largest absolute Gasteiger partial charge is 0.460 e. The van der Waals surface area contributed by atoms with Crippen molar-refractivity contribution in [2.24, 2.45) is 0 Å². The molecular formula is C56H58N4O10. The van der Waals surface area contributed by atoms with Crippen LogP contribution in [0.25, 0.3) is 44.3 Å². The van der Waals surface area contributed by atoms with Gasteiger partial charge in [0.1, 0.15) is 13.2 Å². The number of fused-ring (bicyclic) bond motifs is 2. The zero-order valence-electron chi connectivity index (χ0n) is 39.2. The van der Waals surface area contributed by atoms with Crippen molar-refractivity contribution < 1.29 is 48.2 Å². The molecule has 8 atom stereocenters. The quantitative estimate of drug-likeness (QED) is 0.0484. The number of benzene rings is 5. The van der Waals surface area contributed by atoms with E-state index in [0.29, 0.717) is 70.3 Å². The Morgan fingerprint density at radius 3 is 1.34 bits per heavy atom. The van der Waals surface area contributed by atoms with Gasteiger partial charge in [-0.3, -0.25) is 0 Å². The van der Waals surface area contributed by atoms with E-state index in [4.69, 9.17) is 38.4 Å². The van der Waals surface area contributed by atoms with E-state index in [0.717, 1.165) is 22.3 Å². The number of nitrogens with one attached hydrogen (secondary N) is 2. The smallest absolute Gasteiger partial charge is 0.338 e. The van der Waals surface area contributed by atoms with Crippen molar-refractivity contribution in [1.82, 2.24) is 20.6 Å². The average Bonchev–Trinajstić information content (AvgIpc) is 3.39. The van der Waals surface area contributed by atoms with Crippen LogP contribution in [0.5, 0.6) is 0 Å². The second-order valence-corrected chi connectivity index (χ2v) is 17.7. The molecule has 0 spiro atoms. The summed E-state index contributed by atoms with van der Waals surface area (Å²) in [6.45, 7) is 4.92. The minimum atomic E-state index is -0.752. The van der Waals surface area contributed by atoms with Crippen LogP contribution in [0, 0.1) is 0 Å². The molecule has 0 aliphatic carbocycles. The number of hydrogen-bond donors (Lipinski definition) is 4. The molecule has 2 aromatic heterocycles. The standard InChI is InChI=1S/C56H58N4O10/c1-35-53(61)49(31-51(69-35)65-25-27-67-55(63)43-29-47(39-13-5-3-6-14-39)59-45-19-11-9-17-41(43)45)57-33-37-21-23-38(24-22-37)34-58-50-32-52(70-36(2)54(50)62)66-26-28-68-56(64)44-30-48(40-15-7-4-8-16-40)60-46-20-12-10-18-42(44)46/h3-24,29-30,35-36,49-54,57-58,61-62H,25-28,31-34H2,1-2H3/t35-,36-,49-,50-,51?,52?,53-,54-/m1/s1. The van der Waals surface area contributed by atoms with Gasteiger partial charge in [-0.2, -0.15) is 0 Å². The van der Waals surface area contributed by atoms with Crippen molar-refractivity contribution in [1.29, 1.82) is 0 Å². The molecule has 4 heterocycles. The minimum absolute atomic E-state index is 0.0228. The summed E-state index contributed by atoms with van der Waals surface area (Å²) in [4.78, 5) is 36.2. The summed E-state index contributed by atoms with van der Waals surface area (Å²) in [5, 5.41) is 30.4. The van der Waals surface area contributed by atoms with E-state index in [1.807, 2.05) is 147 Å². The Kier molecular flexibility index (Phi) is 15.9. The summed E-state index contributed by atoms with van der Waals surface area (Å²) in [7, 11) is 0. The second-order valence-electron chi connectivity index (χ2n) is 17.7. The lowest BCUT2D eigenvalue weighted by molar-refractivity contribution is -0.227. The third-order valence-electron chi connectivity index (χ3n) is 12.8. The molecule has 2 fully saturated rings. The number of carbonyl (C=O) groups is 2. The molecule has 0 bridgehead atoms. The Bertz CT molecular complexity index is 2660. The predicted octanol–water partition coefficient (Wildman–Crippen LogP) is 7.77. The van der Waals surface area contributed by atoms with Gasteiger partial charge in [-0.05, 0) is 49.2 Å². The second kappa shape index (κ2) is 23.0. The number of carbonyl (C=O) groups excluding carboxylic acids is 2. The Hall–Kier alpha value is -6.46. The van der Waals surface area contributed by atoms with Crippen molar-refractivity contribution in [2.45, 2.75) is 88.9 Å². The summed E-state index contributed by atoms with van der Waals surface area (Å²) in [6.07, 6.45) is -2.87. The number of aliphatic hydroxyl groups excluding tert-OH is 2. The van der Waals surface area contributed by atoms with Gasteiger partial charge < -0.3 is 49.3 Å². The maximum absolute atomic E-state index is 13.4. The Labute approximate surface area is 406 Å². The van der Waals surface area contributed by atoms with Crippen LogP contribution >= 0.6 is 0 Å². The van der Waals surface area contributed by atoms with Gasteiger partial charge in [0.25, 0.3) is 0 Å². The first-order chi connectivity index (χ1) is 34.2. The molecule has 7 aromatic rings. The molecule has 2 unspecified atom stereocenters. The summed E-state index contributed by atoms with van der Waals surface area (Å²) < 4.78 is 35.3. The first kappa shape index (κ1) is 48.6. The van der Waals surface area contributed by atoms with Crippen molar-refractivity contribution in [3.63, 3.8) is 0 Å². The third kappa shape index (κ3) is 11.9. The van der Waals surface area contributed by atoms with E-state index >= 15 is 0 Å². The predicted molar refractivity (Wildman–Crippen MR) is 264 cm³/mol. The molecule has 0 amide bonds. The van der Waals surface area contributed by atoms with E-state index in [-0.39, 0.29) is 38.5 Å². The first-order valence-electron chi connectivity index (χ1n) is 23.9. The van der Waals surface area contributed by atoms with Gasteiger partial charge in [0, 0.05) is 59.9 Å². The van der Waals surface area contributed by atoms with E-state index in [9.17, 15) is 19.8 Å². The monoisotopic (exact) mass is 946 g/mol. The lowest BCUT2D eigenvalue weighted by Gasteiger charge is -2.38. The first-order valence-corrected chi connectivity index (χ1v) is 23.9. The van der Waals surface area contributed by atoms with Crippen molar-refractivity contribution in [3.8, 4) is 22.5 Å². The summed E-state index contributed by atoms with van der Waals surface area (Å²) in [5.41, 5.74) is 7.50. The molecule has 362 valence electrons. The Morgan fingerprint density at radius 1 is 0.543 bits per heavy atom. The zero-order valence-corrected chi connectivity index (χ0v) is 39.2. The highest BCUT2D eigenvalue weighted by Gasteiger charge is 2.37. The van der Waals surface area contributed by atoms with Crippen LogP contribution in [-0.2, 0) is 41.5 Å². The fourth-order valence-electron chi connectivity index (χ4n) is 8.98. The van der Waals surface area contributed by atoms with Crippen molar-refractivity contribution >= 4 is 33.7 Å². The number of hydrogen-bond acceptors (Lipinski definition) is 14. The minimum Gasteiger partial charge on any atom is -0.460 e. The maximum Gasteiger partial charge on any atom is 0.338 e. The van der Waals surface area contributed by atoms with Crippen molar-refractivity contribution in [3.05, 3.63) is 168 Å². The highest BCUT2D eigenvalue weighted by Crippen LogP contribution is 2.28. The van der Waals surface area contributed by atoms with Crippen LogP contribution < -0.4 is 10.6 Å². The number of para-hydroxylation sites is 2. The normalized spacial score (nSPS) is 22.5. The fourth-order valence-corrected chi connectivity index (χ4v) is 8.98. The number of ether oxygens (including phenoxy) is 6. The lowest BCUT2D eigenvalue weighted by atomic mass is 9.98. The molecular weight excluding hydrogens is 889 g/mol. The molecule has 14 heteroatoms. The highest BCUT2D eigenvalue weighted by molar-refractivity contribution is 6.05. The molecule has 5 aromatic carbocycles. The van der Waals surface area contributed by atoms with E-state index in [2.05, 4.69) is 10.6 Å². The maximum atomic E-state index is 13.4. The lowest BCUT2D eigenvalue weighted by Crippen LogP contribution is -2.53. The molecule has 0 radical (unpaired) electrons. The fraction of sp³-hybridized carbons (Fsp3) is 0.321.